The van der Waals surface area contributed by atoms with Gasteiger partial charge in [-0.25, -0.2) is 0 Å². The van der Waals surface area contributed by atoms with Gasteiger partial charge in [0.05, 0.1) is 19.2 Å². The molecular formula is C24H29N3O4. The third kappa shape index (κ3) is 5.35. The number of fused-ring (bicyclic) bond motifs is 1. The first kappa shape index (κ1) is 21.2. The fourth-order valence-corrected chi connectivity index (χ4v) is 4.10. The number of ether oxygens (including phenoxy) is 2. The number of benzene rings is 2. The van der Waals surface area contributed by atoms with Gasteiger partial charge in [-0.3, -0.25) is 14.5 Å². The Morgan fingerprint density at radius 1 is 1.06 bits per heavy atom. The summed E-state index contributed by atoms with van der Waals surface area (Å²) in [4.78, 5) is 28.4. The molecule has 2 aromatic rings. The van der Waals surface area contributed by atoms with E-state index >= 15 is 0 Å². The third-order valence-electron chi connectivity index (χ3n) is 5.90. The number of piperazine rings is 1. The van der Waals surface area contributed by atoms with Gasteiger partial charge >= 0.3 is 5.97 Å². The Kier molecular flexibility index (Phi) is 6.72. The van der Waals surface area contributed by atoms with Crippen molar-refractivity contribution >= 4 is 23.3 Å². The number of anilines is 2. The van der Waals surface area contributed by atoms with E-state index < -0.39 is 0 Å². The predicted molar refractivity (Wildman–Crippen MR) is 119 cm³/mol. The molecule has 1 saturated heterocycles. The van der Waals surface area contributed by atoms with Crippen molar-refractivity contribution in [2.75, 3.05) is 50.1 Å². The second kappa shape index (κ2) is 9.83. The van der Waals surface area contributed by atoms with Crippen molar-refractivity contribution in [1.29, 1.82) is 0 Å². The smallest absolute Gasteiger partial charge is 0.307 e. The molecule has 2 heterocycles. The Morgan fingerprint density at radius 2 is 1.87 bits per heavy atom. The second-order valence-corrected chi connectivity index (χ2v) is 7.95. The summed E-state index contributed by atoms with van der Waals surface area (Å²) < 4.78 is 10.9. The predicted octanol–water partition coefficient (Wildman–Crippen LogP) is 2.84. The van der Waals surface area contributed by atoms with E-state index in [4.69, 9.17) is 9.47 Å². The SMILES string of the molecule is COc1ccccc1N1CCN(CCC(=O)OCc2ccc3c(c2)NC(=O)CC3)CC1. The largest absolute Gasteiger partial charge is 0.495 e. The summed E-state index contributed by atoms with van der Waals surface area (Å²) >= 11 is 0. The molecule has 0 atom stereocenters. The average molecular weight is 424 g/mol. The van der Waals surface area contributed by atoms with Crippen molar-refractivity contribution in [2.45, 2.75) is 25.9 Å². The highest BCUT2D eigenvalue weighted by Crippen LogP contribution is 2.28. The summed E-state index contributed by atoms with van der Waals surface area (Å²) in [5, 5.41) is 2.88. The standard InChI is InChI=1S/C24H29N3O4/c1-30-22-5-3-2-4-21(22)27-14-12-26(13-15-27)11-10-24(29)31-17-18-6-7-19-8-9-23(28)25-20(19)16-18/h2-7,16H,8-15,17H2,1H3,(H,25,28). The number of nitrogens with zero attached hydrogens (tertiary/aromatic N) is 2. The number of carbonyl (C=O) groups is 2. The lowest BCUT2D eigenvalue weighted by atomic mass is 10.0. The molecule has 164 valence electrons. The molecule has 0 aromatic heterocycles. The molecule has 0 spiro atoms. The van der Waals surface area contributed by atoms with Crippen LogP contribution in [0.3, 0.4) is 0 Å². The average Bonchev–Trinajstić information content (AvgIpc) is 2.81. The van der Waals surface area contributed by atoms with Gasteiger partial charge in [0, 0.05) is 44.8 Å². The van der Waals surface area contributed by atoms with Gasteiger partial charge in [-0.05, 0) is 35.7 Å². The van der Waals surface area contributed by atoms with E-state index in [0.717, 1.165) is 60.9 Å². The van der Waals surface area contributed by atoms with E-state index in [1.807, 2.05) is 36.4 Å². The minimum atomic E-state index is -0.200. The maximum absolute atomic E-state index is 12.2. The molecule has 2 aliphatic heterocycles. The number of rotatable bonds is 7. The Hall–Kier alpha value is -3.06. The molecule has 1 fully saturated rings. The summed E-state index contributed by atoms with van der Waals surface area (Å²) in [6.07, 6.45) is 1.65. The zero-order chi connectivity index (χ0) is 21.6. The lowest BCUT2D eigenvalue weighted by Gasteiger charge is -2.36. The van der Waals surface area contributed by atoms with Crippen LogP contribution in [0, 0.1) is 0 Å². The van der Waals surface area contributed by atoms with E-state index in [9.17, 15) is 9.59 Å². The molecule has 0 bridgehead atoms. The summed E-state index contributed by atoms with van der Waals surface area (Å²) in [5.41, 5.74) is 3.96. The van der Waals surface area contributed by atoms with Gasteiger partial charge < -0.3 is 19.7 Å². The Morgan fingerprint density at radius 3 is 2.68 bits per heavy atom. The Bertz CT molecular complexity index is 938. The molecule has 4 rings (SSSR count). The van der Waals surface area contributed by atoms with Crippen molar-refractivity contribution in [3.8, 4) is 5.75 Å². The third-order valence-corrected chi connectivity index (χ3v) is 5.90. The highest BCUT2D eigenvalue weighted by Gasteiger charge is 2.20. The van der Waals surface area contributed by atoms with E-state index in [1.165, 1.54) is 0 Å². The van der Waals surface area contributed by atoms with Crippen molar-refractivity contribution < 1.29 is 19.1 Å². The number of aryl methyl sites for hydroxylation is 1. The van der Waals surface area contributed by atoms with Crippen molar-refractivity contribution in [3.63, 3.8) is 0 Å². The summed E-state index contributed by atoms with van der Waals surface area (Å²) in [7, 11) is 1.70. The molecular weight excluding hydrogens is 394 g/mol. The first-order valence-electron chi connectivity index (χ1n) is 10.8. The van der Waals surface area contributed by atoms with Crippen molar-refractivity contribution in [3.05, 3.63) is 53.6 Å². The van der Waals surface area contributed by atoms with Gasteiger partial charge in [-0.2, -0.15) is 0 Å². The van der Waals surface area contributed by atoms with Crippen LogP contribution in [0.5, 0.6) is 5.75 Å². The first-order valence-corrected chi connectivity index (χ1v) is 10.8. The molecule has 1 N–H and O–H groups in total. The zero-order valence-corrected chi connectivity index (χ0v) is 17.9. The summed E-state index contributed by atoms with van der Waals surface area (Å²) in [6.45, 7) is 4.51. The molecule has 2 aliphatic rings. The molecule has 0 aliphatic carbocycles. The van der Waals surface area contributed by atoms with E-state index in [1.54, 1.807) is 7.11 Å². The minimum absolute atomic E-state index is 0.0347. The van der Waals surface area contributed by atoms with Gasteiger partial charge in [-0.15, -0.1) is 0 Å². The molecule has 0 unspecified atom stereocenters. The van der Waals surface area contributed by atoms with Crippen LogP contribution < -0.4 is 15.0 Å². The fraction of sp³-hybridized carbons (Fsp3) is 0.417. The number of nitrogens with one attached hydrogen (secondary N) is 1. The van der Waals surface area contributed by atoms with Crippen molar-refractivity contribution in [1.82, 2.24) is 4.90 Å². The Balaban J connectivity index is 1.20. The highest BCUT2D eigenvalue weighted by molar-refractivity contribution is 5.94. The van der Waals surface area contributed by atoms with Gasteiger partial charge in [0.15, 0.2) is 0 Å². The van der Waals surface area contributed by atoms with E-state index in [0.29, 0.717) is 19.4 Å². The molecule has 7 heteroatoms. The van der Waals surface area contributed by atoms with Crippen LogP contribution in [0.2, 0.25) is 0 Å². The number of para-hydroxylation sites is 2. The van der Waals surface area contributed by atoms with Gasteiger partial charge in [0.1, 0.15) is 12.4 Å². The number of amides is 1. The second-order valence-electron chi connectivity index (χ2n) is 7.95. The molecule has 0 saturated carbocycles. The van der Waals surface area contributed by atoms with Crippen LogP contribution in [0.15, 0.2) is 42.5 Å². The first-order chi connectivity index (χ1) is 15.1. The highest BCUT2D eigenvalue weighted by atomic mass is 16.5. The van der Waals surface area contributed by atoms with Crippen LogP contribution in [0.1, 0.15) is 24.0 Å². The van der Waals surface area contributed by atoms with Crippen LogP contribution in [-0.2, 0) is 27.4 Å². The normalized spacial score (nSPS) is 16.4. The van der Waals surface area contributed by atoms with Gasteiger partial charge in [0.25, 0.3) is 0 Å². The van der Waals surface area contributed by atoms with Gasteiger partial charge in [0.2, 0.25) is 5.91 Å². The number of carbonyl (C=O) groups excluding carboxylic acids is 2. The number of hydrogen-bond donors (Lipinski definition) is 1. The maximum Gasteiger partial charge on any atom is 0.307 e. The lowest BCUT2D eigenvalue weighted by Crippen LogP contribution is -2.47. The quantitative estimate of drug-likeness (QED) is 0.691. The molecule has 7 nitrogen and oxygen atoms in total. The Labute approximate surface area is 182 Å². The molecule has 1 amide bonds. The number of methoxy groups -OCH3 is 1. The number of esters is 1. The van der Waals surface area contributed by atoms with Crippen LogP contribution in [0.25, 0.3) is 0 Å². The molecule has 2 aromatic carbocycles. The molecule has 31 heavy (non-hydrogen) atoms. The van der Waals surface area contributed by atoms with Crippen LogP contribution in [0.4, 0.5) is 11.4 Å². The fourth-order valence-electron chi connectivity index (χ4n) is 4.10. The zero-order valence-electron chi connectivity index (χ0n) is 17.9. The monoisotopic (exact) mass is 423 g/mol. The van der Waals surface area contributed by atoms with Gasteiger partial charge in [-0.1, -0.05) is 24.3 Å². The number of hydrogen-bond acceptors (Lipinski definition) is 6. The summed E-state index contributed by atoms with van der Waals surface area (Å²) in [6, 6.07) is 13.9. The topological polar surface area (TPSA) is 71.1 Å². The lowest BCUT2D eigenvalue weighted by molar-refractivity contribution is -0.145. The summed E-state index contributed by atoms with van der Waals surface area (Å²) in [5.74, 6) is 0.725. The maximum atomic E-state index is 12.2. The van der Waals surface area contributed by atoms with Crippen LogP contribution >= 0.6 is 0 Å². The van der Waals surface area contributed by atoms with Crippen molar-refractivity contribution in [2.24, 2.45) is 0 Å². The van der Waals surface area contributed by atoms with Crippen LogP contribution in [-0.4, -0.2) is 56.6 Å². The molecule has 0 radical (unpaired) electrons. The van der Waals surface area contributed by atoms with E-state index in [-0.39, 0.29) is 18.5 Å². The van der Waals surface area contributed by atoms with E-state index in [2.05, 4.69) is 21.2 Å². The minimum Gasteiger partial charge on any atom is -0.495 e.